The zero-order valence-corrected chi connectivity index (χ0v) is 15.3. The molecule has 0 radical (unpaired) electrons. The molecule has 4 nitrogen and oxygen atoms in total. The van der Waals surface area contributed by atoms with E-state index in [0.717, 1.165) is 5.75 Å². The van der Waals surface area contributed by atoms with E-state index in [9.17, 15) is 9.90 Å². The van der Waals surface area contributed by atoms with E-state index >= 15 is 0 Å². The Balaban J connectivity index is 2.90. The Labute approximate surface area is 135 Å². The topological polar surface area (TPSA) is 55.8 Å². The maximum Gasteiger partial charge on any atom is 0.342 e. The van der Waals surface area contributed by atoms with Gasteiger partial charge in [0.1, 0.15) is 11.3 Å². The van der Waals surface area contributed by atoms with Gasteiger partial charge in [0.2, 0.25) is 0 Å². The smallest absolute Gasteiger partial charge is 0.342 e. The zero-order valence-electron chi connectivity index (χ0n) is 14.4. The number of benzene rings is 1. The van der Waals surface area contributed by atoms with Crippen LogP contribution in [0.3, 0.4) is 0 Å². The summed E-state index contributed by atoms with van der Waals surface area (Å²) in [6, 6.07) is 4.99. The third kappa shape index (κ3) is 5.89. The van der Waals surface area contributed by atoms with Crippen molar-refractivity contribution in [1.82, 2.24) is 0 Å². The Morgan fingerprint density at radius 3 is 2.45 bits per heavy atom. The first-order chi connectivity index (χ1) is 10.1. The Morgan fingerprint density at radius 1 is 1.27 bits per heavy atom. The van der Waals surface area contributed by atoms with Gasteiger partial charge in [0.05, 0.1) is 13.2 Å². The van der Waals surface area contributed by atoms with Gasteiger partial charge in [0.25, 0.3) is 0 Å². The van der Waals surface area contributed by atoms with Crippen molar-refractivity contribution in [2.45, 2.75) is 34.3 Å². The van der Waals surface area contributed by atoms with Crippen LogP contribution in [0.1, 0.15) is 43.6 Å². The van der Waals surface area contributed by atoms with Crippen LogP contribution in [0.15, 0.2) is 18.2 Å². The van der Waals surface area contributed by atoms with E-state index in [1.165, 1.54) is 6.07 Å². The van der Waals surface area contributed by atoms with Crippen LogP contribution >= 0.6 is 10.3 Å². The number of rotatable bonds is 6. The summed E-state index contributed by atoms with van der Waals surface area (Å²) < 4.78 is 11.1. The molecular weight excluding hydrogens is 300 g/mol. The SMILES string of the molecule is CCOC(=O)c1c(O)cccc1COS(C)(C)CC(C)(C)C. The lowest BCUT2D eigenvalue weighted by Crippen LogP contribution is -2.19. The molecule has 0 fully saturated rings. The van der Waals surface area contributed by atoms with Crippen LogP contribution in [0.5, 0.6) is 5.75 Å². The Morgan fingerprint density at radius 2 is 1.91 bits per heavy atom. The van der Waals surface area contributed by atoms with Gasteiger partial charge >= 0.3 is 5.97 Å². The lowest BCUT2D eigenvalue weighted by atomic mass is 10.0. The van der Waals surface area contributed by atoms with Gasteiger partial charge < -0.3 is 14.0 Å². The van der Waals surface area contributed by atoms with Gasteiger partial charge in [-0.2, -0.15) is 0 Å². The summed E-state index contributed by atoms with van der Waals surface area (Å²) in [7, 11) is -1.24. The van der Waals surface area contributed by atoms with Crippen LogP contribution < -0.4 is 0 Å². The highest BCUT2D eigenvalue weighted by Gasteiger charge is 2.24. The molecule has 0 saturated heterocycles. The van der Waals surface area contributed by atoms with Crippen molar-refractivity contribution in [2.75, 3.05) is 24.9 Å². The average Bonchev–Trinajstić information content (AvgIpc) is 2.33. The lowest BCUT2D eigenvalue weighted by Gasteiger charge is -2.37. The number of carbonyl (C=O) groups excluding carboxylic acids is 1. The van der Waals surface area contributed by atoms with Gasteiger partial charge in [0.15, 0.2) is 0 Å². The molecule has 0 saturated carbocycles. The molecule has 1 rings (SSSR count). The first-order valence-electron chi connectivity index (χ1n) is 7.39. The second-order valence-electron chi connectivity index (χ2n) is 6.94. The number of carbonyl (C=O) groups is 1. The Bertz CT molecular complexity index is 518. The molecule has 0 bridgehead atoms. The van der Waals surface area contributed by atoms with Crippen LogP contribution in [0, 0.1) is 5.41 Å². The van der Waals surface area contributed by atoms with Crippen LogP contribution in [-0.4, -0.2) is 35.9 Å². The van der Waals surface area contributed by atoms with E-state index in [-0.39, 0.29) is 23.3 Å². The van der Waals surface area contributed by atoms with Gasteiger partial charge in [-0.15, -0.1) is 10.3 Å². The average molecular weight is 328 g/mol. The highest BCUT2D eigenvalue weighted by atomic mass is 32.3. The van der Waals surface area contributed by atoms with Gasteiger partial charge in [-0.1, -0.05) is 32.9 Å². The van der Waals surface area contributed by atoms with E-state index in [1.54, 1.807) is 19.1 Å². The predicted octanol–water partition coefficient (Wildman–Crippen LogP) is 4.11. The predicted molar refractivity (Wildman–Crippen MR) is 92.6 cm³/mol. The minimum absolute atomic E-state index is 0.0665. The van der Waals surface area contributed by atoms with E-state index in [1.807, 2.05) is 0 Å². The van der Waals surface area contributed by atoms with Gasteiger partial charge in [-0.05, 0) is 36.5 Å². The largest absolute Gasteiger partial charge is 0.507 e. The van der Waals surface area contributed by atoms with Crippen molar-refractivity contribution < 1.29 is 18.8 Å². The van der Waals surface area contributed by atoms with Crippen molar-refractivity contribution in [3.05, 3.63) is 29.3 Å². The Kier molecular flexibility index (Phi) is 6.32. The van der Waals surface area contributed by atoms with Gasteiger partial charge in [-0.3, -0.25) is 0 Å². The van der Waals surface area contributed by atoms with Crippen LogP contribution in [0.2, 0.25) is 0 Å². The van der Waals surface area contributed by atoms with Crippen LogP contribution in [0.4, 0.5) is 0 Å². The summed E-state index contributed by atoms with van der Waals surface area (Å²) in [5.41, 5.74) is 1.05. The van der Waals surface area contributed by atoms with Crippen LogP contribution in [-0.2, 0) is 15.5 Å². The molecule has 0 aliphatic rings. The zero-order chi connectivity index (χ0) is 17.0. The number of ether oxygens (including phenoxy) is 1. The number of hydrogen-bond acceptors (Lipinski definition) is 4. The van der Waals surface area contributed by atoms with Crippen molar-refractivity contribution >= 4 is 16.3 Å². The summed E-state index contributed by atoms with van der Waals surface area (Å²) in [6.07, 6.45) is 4.23. The first-order valence-corrected chi connectivity index (χ1v) is 9.93. The molecule has 1 N–H and O–H groups in total. The maximum absolute atomic E-state index is 12.0. The molecule has 22 heavy (non-hydrogen) atoms. The van der Waals surface area contributed by atoms with Crippen molar-refractivity contribution in [2.24, 2.45) is 5.41 Å². The molecule has 0 aliphatic heterocycles. The molecule has 0 amide bonds. The highest BCUT2D eigenvalue weighted by Crippen LogP contribution is 2.47. The quantitative estimate of drug-likeness (QED) is 0.798. The van der Waals surface area contributed by atoms with E-state index in [4.69, 9.17) is 8.92 Å². The molecule has 1 aromatic carbocycles. The number of phenols is 1. The minimum atomic E-state index is -1.24. The van der Waals surface area contributed by atoms with Crippen molar-refractivity contribution in [1.29, 1.82) is 0 Å². The van der Waals surface area contributed by atoms with Gasteiger partial charge in [-0.25, -0.2) is 4.79 Å². The fourth-order valence-corrected chi connectivity index (χ4v) is 5.07. The second-order valence-corrected chi connectivity index (χ2v) is 10.3. The molecule has 0 heterocycles. The summed E-state index contributed by atoms with van der Waals surface area (Å²) in [6.45, 7) is 8.86. The van der Waals surface area contributed by atoms with Crippen LogP contribution in [0.25, 0.3) is 0 Å². The fraction of sp³-hybridized carbons (Fsp3) is 0.588. The number of esters is 1. The lowest BCUT2D eigenvalue weighted by molar-refractivity contribution is 0.0520. The molecule has 126 valence electrons. The fourth-order valence-electron chi connectivity index (χ4n) is 2.45. The summed E-state index contributed by atoms with van der Waals surface area (Å²) in [5, 5.41) is 9.95. The van der Waals surface area contributed by atoms with Crippen molar-refractivity contribution in [3.63, 3.8) is 0 Å². The minimum Gasteiger partial charge on any atom is -0.507 e. The van der Waals surface area contributed by atoms with E-state index in [2.05, 4.69) is 33.3 Å². The summed E-state index contributed by atoms with van der Waals surface area (Å²) in [4.78, 5) is 12.0. The van der Waals surface area contributed by atoms with E-state index in [0.29, 0.717) is 12.2 Å². The molecule has 0 atom stereocenters. The summed E-state index contributed by atoms with van der Waals surface area (Å²) in [5.74, 6) is 0.388. The molecule has 5 heteroatoms. The van der Waals surface area contributed by atoms with Crippen molar-refractivity contribution in [3.8, 4) is 5.75 Å². The van der Waals surface area contributed by atoms with E-state index < -0.39 is 16.3 Å². The molecule has 0 spiro atoms. The number of phenolic OH excluding ortho intramolecular Hbond substituents is 1. The maximum atomic E-state index is 12.0. The number of aromatic hydroxyl groups is 1. The molecule has 1 aromatic rings. The Hall–Kier alpha value is -1.20. The van der Waals surface area contributed by atoms with Gasteiger partial charge in [0, 0.05) is 5.75 Å². The number of hydrogen-bond donors (Lipinski definition) is 1. The summed E-state index contributed by atoms with van der Waals surface area (Å²) >= 11 is 0. The molecular formula is C17H28O4S. The molecule has 0 aromatic heterocycles. The first kappa shape index (κ1) is 18.8. The normalized spacial score (nSPS) is 13.0. The third-order valence-electron chi connectivity index (χ3n) is 2.92. The molecule has 0 unspecified atom stereocenters. The monoisotopic (exact) mass is 328 g/mol. The molecule has 0 aliphatic carbocycles. The standard InChI is InChI=1S/C17H28O4S/c1-7-20-16(19)15-13(9-8-10-14(15)18)11-21-22(5,6)12-17(2,3)4/h8-10,18H,7,11-12H2,1-6H3. The third-order valence-corrected chi connectivity index (χ3v) is 5.24. The highest BCUT2D eigenvalue weighted by molar-refractivity contribution is 8.28. The second kappa shape index (κ2) is 7.38.